The minimum atomic E-state index is -0.314. The predicted octanol–water partition coefficient (Wildman–Crippen LogP) is 4.99. The minimum absolute atomic E-state index is 0.167. The lowest BCUT2D eigenvalue weighted by molar-refractivity contribution is -0.383. The molecule has 4 heteroatoms. The lowest BCUT2D eigenvalue weighted by Crippen LogP contribution is -1.86. The molecule has 0 N–H and O–H groups in total. The Labute approximate surface area is 120 Å². The van der Waals surface area contributed by atoms with Crippen LogP contribution < -0.4 is 0 Å². The summed E-state index contributed by atoms with van der Waals surface area (Å²) in [6, 6.07) is 20.9. The molecule has 0 saturated heterocycles. The largest absolute Gasteiger partial charge is 0.288 e. The number of nitrogens with zero attached hydrogens (tertiary/aromatic N) is 1. The molecule has 0 saturated carbocycles. The van der Waals surface area contributed by atoms with Crippen molar-refractivity contribution in [3.8, 4) is 20.9 Å². The van der Waals surface area contributed by atoms with E-state index in [1.165, 1.54) is 11.3 Å². The molecular weight excluding hydrogens is 270 g/mol. The zero-order chi connectivity index (χ0) is 13.9. The van der Waals surface area contributed by atoms with Gasteiger partial charge in [0.05, 0.1) is 4.92 Å². The molecule has 0 unspecified atom stereocenters. The summed E-state index contributed by atoms with van der Waals surface area (Å²) in [5.74, 6) is 0. The second-order valence-corrected chi connectivity index (χ2v) is 5.37. The topological polar surface area (TPSA) is 43.1 Å². The molecule has 0 fully saturated rings. The fraction of sp³-hybridized carbons (Fsp3) is 0. The molecule has 1 heterocycles. The first-order valence-electron chi connectivity index (χ1n) is 6.15. The van der Waals surface area contributed by atoms with Crippen molar-refractivity contribution in [3.63, 3.8) is 0 Å². The molecule has 2 aromatic carbocycles. The first-order chi connectivity index (χ1) is 9.75. The van der Waals surface area contributed by atoms with Crippen molar-refractivity contribution >= 4 is 17.0 Å². The Bertz CT molecular complexity index is 736. The molecule has 0 atom stereocenters. The summed E-state index contributed by atoms with van der Waals surface area (Å²) in [7, 11) is 0. The summed E-state index contributed by atoms with van der Waals surface area (Å²) in [6.45, 7) is 0. The van der Waals surface area contributed by atoms with E-state index >= 15 is 0 Å². The van der Waals surface area contributed by atoms with Gasteiger partial charge in [-0.05, 0) is 11.1 Å². The van der Waals surface area contributed by atoms with Gasteiger partial charge in [-0.3, -0.25) is 10.1 Å². The van der Waals surface area contributed by atoms with E-state index in [2.05, 4.69) is 0 Å². The summed E-state index contributed by atoms with van der Waals surface area (Å²) in [4.78, 5) is 12.6. The van der Waals surface area contributed by atoms with Crippen molar-refractivity contribution < 1.29 is 4.92 Å². The minimum Gasteiger partial charge on any atom is -0.258 e. The average Bonchev–Trinajstić information content (AvgIpc) is 2.94. The van der Waals surface area contributed by atoms with E-state index in [-0.39, 0.29) is 10.6 Å². The Morgan fingerprint density at radius 1 is 0.850 bits per heavy atom. The van der Waals surface area contributed by atoms with E-state index in [9.17, 15) is 10.1 Å². The smallest absolute Gasteiger partial charge is 0.258 e. The summed E-state index contributed by atoms with van der Waals surface area (Å²) < 4.78 is 0. The Morgan fingerprint density at radius 2 is 1.40 bits per heavy atom. The predicted molar refractivity (Wildman–Crippen MR) is 81.8 cm³/mol. The molecule has 3 nitrogen and oxygen atoms in total. The van der Waals surface area contributed by atoms with Gasteiger partial charge in [-0.1, -0.05) is 60.7 Å². The molecule has 0 aliphatic heterocycles. The van der Waals surface area contributed by atoms with Crippen LogP contribution in [0.15, 0.2) is 66.7 Å². The fourth-order valence-corrected chi connectivity index (χ4v) is 3.19. The number of thiophene rings is 1. The highest BCUT2D eigenvalue weighted by atomic mass is 32.1. The Balaban J connectivity index is 2.15. The Morgan fingerprint density at radius 3 is 1.95 bits per heavy atom. The van der Waals surface area contributed by atoms with Crippen LogP contribution >= 0.6 is 11.3 Å². The molecule has 3 aromatic rings. The standard InChI is InChI=1S/C16H11NO2S/c18-17(19)14-11-15(12-7-3-1-4-8-12)20-16(14)13-9-5-2-6-10-13/h1-11H. The van der Waals surface area contributed by atoms with Gasteiger partial charge in [0, 0.05) is 10.9 Å². The van der Waals surface area contributed by atoms with Crippen molar-refractivity contribution in [3.05, 3.63) is 76.8 Å². The average molecular weight is 281 g/mol. The third kappa shape index (κ3) is 2.33. The van der Waals surface area contributed by atoms with Crippen LogP contribution in [-0.2, 0) is 0 Å². The van der Waals surface area contributed by atoms with Crippen molar-refractivity contribution in [2.75, 3.05) is 0 Å². The summed E-state index contributed by atoms with van der Waals surface area (Å²) in [5.41, 5.74) is 2.05. The third-order valence-corrected chi connectivity index (χ3v) is 4.23. The van der Waals surface area contributed by atoms with Crippen molar-refractivity contribution in [2.24, 2.45) is 0 Å². The van der Waals surface area contributed by atoms with Crippen LogP contribution in [-0.4, -0.2) is 4.92 Å². The van der Waals surface area contributed by atoms with Gasteiger partial charge >= 0.3 is 0 Å². The highest BCUT2D eigenvalue weighted by Gasteiger charge is 2.20. The summed E-state index contributed by atoms with van der Waals surface area (Å²) in [6.07, 6.45) is 0. The van der Waals surface area contributed by atoms with E-state index in [4.69, 9.17) is 0 Å². The van der Waals surface area contributed by atoms with Crippen LogP contribution in [0.1, 0.15) is 0 Å². The van der Waals surface area contributed by atoms with Crippen LogP contribution in [0.3, 0.4) is 0 Å². The number of hydrogen-bond acceptors (Lipinski definition) is 3. The molecule has 0 aliphatic rings. The second-order valence-electron chi connectivity index (χ2n) is 4.31. The highest BCUT2D eigenvalue weighted by Crippen LogP contribution is 2.42. The normalized spacial score (nSPS) is 10.4. The third-order valence-electron chi connectivity index (χ3n) is 3.00. The van der Waals surface area contributed by atoms with Crippen LogP contribution in [0.2, 0.25) is 0 Å². The molecule has 1 aromatic heterocycles. The molecule has 0 amide bonds. The molecule has 0 aliphatic carbocycles. The van der Waals surface area contributed by atoms with Gasteiger partial charge in [0.15, 0.2) is 0 Å². The quantitative estimate of drug-likeness (QED) is 0.501. The number of rotatable bonds is 3. The van der Waals surface area contributed by atoms with Crippen molar-refractivity contribution in [1.29, 1.82) is 0 Å². The van der Waals surface area contributed by atoms with Crippen LogP contribution in [0.4, 0.5) is 5.69 Å². The van der Waals surface area contributed by atoms with Crippen LogP contribution in [0.5, 0.6) is 0 Å². The maximum Gasteiger partial charge on any atom is 0.288 e. The molecule has 0 radical (unpaired) electrons. The van der Waals surface area contributed by atoms with Crippen LogP contribution in [0.25, 0.3) is 20.9 Å². The number of nitro groups is 1. The Hall–Kier alpha value is -2.46. The molecule has 0 bridgehead atoms. The molecule has 3 rings (SSSR count). The van der Waals surface area contributed by atoms with Gasteiger partial charge in [0.25, 0.3) is 5.69 Å². The number of hydrogen-bond donors (Lipinski definition) is 0. The summed E-state index contributed by atoms with van der Waals surface area (Å²) in [5, 5.41) is 11.3. The van der Waals surface area contributed by atoms with E-state index in [1.807, 2.05) is 60.7 Å². The zero-order valence-electron chi connectivity index (χ0n) is 10.5. The van der Waals surface area contributed by atoms with Gasteiger partial charge < -0.3 is 0 Å². The molecular formula is C16H11NO2S. The second kappa shape index (κ2) is 5.27. The summed E-state index contributed by atoms with van der Waals surface area (Å²) >= 11 is 1.45. The maximum absolute atomic E-state index is 11.3. The van der Waals surface area contributed by atoms with Gasteiger partial charge in [-0.25, -0.2) is 0 Å². The van der Waals surface area contributed by atoms with E-state index in [1.54, 1.807) is 6.07 Å². The SMILES string of the molecule is O=[N+]([O-])c1cc(-c2ccccc2)sc1-c1ccccc1. The van der Waals surface area contributed by atoms with Gasteiger partial charge in [-0.15, -0.1) is 11.3 Å². The fourth-order valence-electron chi connectivity index (χ4n) is 2.06. The highest BCUT2D eigenvalue weighted by molar-refractivity contribution is 7.19. The monoisotopic (exact) mass is 281 g/mol. The van der Waals surface area contributed by atoms with E-state index in [0.717, 1.165) is 16.0 Å². The van der Waals surface area contributed by atoms with E-state index < -0.39 is 0 Å². The molecule has 98 valence electrons. The van der Waals surface area contributed by atoms with Crippen molar-refractivity contribution in [2.45, 2.75) is 0 Å². The molecule has 0 spiro atoms. The van der Waals surface area contributed by atoms with Gasteiger partial charge in [-0.2, -0.15) is 0 Å². The number of benzene rings is 2. The van der Waals surface area contributed by atoms with Crippen LogP contribution in [0, 0.1) is 10.1 Å². The zero-order valence-corrected chi connectivity index (χ0v) is 11.3. The Kier molecular flexibility index (Phi) is 3.31. The van der Waals surface area contributed by atoms with E-state index in [0.29, 0.717) is 4.88 Å². The lowest BCUT2D eigenvalue weighted by atomic mass is 10.1. The first kappa shape index (κ1) is 12.6. The molecule has 20 heavy (non-hydrogen) atoms. The van der Waals surface area contributed by atoms with Gasteiger partial charge in [0.1, 0.15) is 4.88 Å². The van der Waals surface area contributed by atoms with Gasteiger partial charge in [0.2, 0.25) is 0 Å². The maximum atomic E-state index is 11.3. The van der Waals surface area contributed by atoms with Crippen molar-refractivity contribution in [1.82, 2.24) is 0 Å². The first-order valence-corrected chi connectivity index (χ1v) is 6.96. The lowest BCUT2D eigenvalue weighted by Gasteiger charge is -1.96.